The van der Waals surface area contributed by atoms with E-state index in [9.17, 15) is 4.39 Å². The van der Waals surface area contributed by atoms with Crippen LogP contribution in [0.4, 0.5) is 10.1 Å². The van der Waals surface area contributed by atoms with E-state index in [0.717, 1.165) is 41.0 Å². The van der Waals surface area contributed by atoms with E-state index < -0.39 is 0 Å². The minimum atomic E-state index is -0.311. The van der Waals surface area contributed by atoms with Crippen molar-refractivity contribution in [2.24, 2.45) is 10.9 Å². The number of halogens is 2. The van der Waals surface area contributed by atoms with Crippen LogP contribution < -0.4 is 9.47 Å². The first-order valence-electron chi connectivity index (χ1n) is 9.01. The summed E-state index contributed by atoms with van der Waals surface area (Å²) < 4.78 is 24.3. The summed E-state index contributed by atoms with van der Waals surface area (Å²) in [5.41, 5.74) is 1.62. The minimum Gasteiger partial charge on any atom is -0.454 e. The molecule has 0 spiro atoms. The van der Waals surface area contributed by atoms with Crippen molar-refractivity contribution in [1.82, 2.24) is 4.90 Å². The Kier molecular flexibility index (Phi) is 4.29. The van der Waals surface area contributed by atoms with Crippen molar-refractivity contribution in [3.63, 3.8) is 0 Å². The van der Waals surface area contributed by atoms with Crippen molar-refractivity contribution in [2.45, 2.75) is 5.41 Å². The topological polar surface area (TPSA) is 34.1 Å². The largest absolute Gasteiger partial charge is 0.454 e. The Morgan fingerprint density at radius 1 is 1.25 bits per heavy atom. The molecule has 4 nitrogen and oxygen atoms in total. The van der Waals surface area contributed by atoms with Crippen LogP contribution in [0.1, 0.15) is 5.56 Å². The summed E-state index contributed by atoms with van der Waals surface area (Å²) in [5, 5.41) is 1.42. The number of hydrogen-bond donors (Lipinski definition) is 0. The number of benzene rings is 2. The molecular formula is C21H18ClFN2O2S. The lowest BCUT2D eigenvalue weighted by Gasteiger charge is -2.38. The molecular weight excluding hydrogens is 399 g/mol. The first-order chi connectivity index (χ1) is 13.6. The monoisotopic (exact) mass is 416 g/mol. The van der Waals surface area contributed by atoms with Gasteiger partial charge in [0.15, 0.2) is 16.7 Å². The Labute approximate surface area is 172 Å². The second-order valence-corrected chi connectivity index (χ2v) is 8.33. The van der Waals surface area contributed by atoms with Crippen LogP contribution in [0.3, 0.4) is 0 Å². The van der Waals surface area contributed by atoms with E-state index in [0.29, 0.717) is 10.9 Å². The fourth-order valence-corrected chi connectivity index (χ4v) is 5.11. The van der Waals surface area contributed by atoms with Gasteiger partial charge in [-0.25, -0.2) is 9.38 Å². The van der Waals surface area contributed by atoms with Crippen LogP contribution in [-0.4, -0.2) is 36.2 Å². The fourth-order valence-electron chi connectivity index (χ4n) is 4.17. The summed E-state index contributed by atoms with van der Waals surface area (Å²) in [5.74, 6) is 1.50. The van der Waals surface area contributed by atoms with Crippen LogP contribution in [0.15, 0.2) is 53.5 Å². The third kappa shape index (κ3) is 2.78. The molecule has 2 heterocycles. The van der Waals surface area contributed by atoms with Crippen molar-refractivity contribution < 1.29 is 13.9 Å². The predicted octanol–water partition coefficient (Wildman–Crippen LogP) is 5.00. The number of thioether (sulfide) groups is 1. The molecule has 0 unspecified atom stereocenters. The maximum absolute atomic E-state index is 13.5. The van der Waals surface area contributed by atoms with Crippen molar-refractivity contribution in [2.75, 3.05) is 26.1 Å². The van der Waals surface area contributed by atoms with Crippen LogP contribution in [0, 0.1) is 11.7 Å². The number of aliphatic imine (C=N–C) groups is 1. The molecule has 0 amide bonds. The number of ether oxygens (including phenoxy) is 2. The van der Waals surface area contributed by atoms with Gasteiger partial charge in [0.05, 0.1) is 5.69 Å². The molecule has 0 radical (unpaired) electrons. The first-order valence-corrected chi connectivity index (χ1v) is 10.6. The maximum Gasteiger partial charge on any atom is 0.231 e. The number of nitrogens with zero attached hydrogens (tertiary/aromatic N) is 2. The van der Waals surface area contributed by atoms with Gasteiger partial charge in [-0.05, 0) is 36.1 Å². The molecule has 1 aliphatic carbocycles. The zero-order valence-corrected chi connectivity index (χ0v) is 16.8. The van der Waals surface area contributed by atoms with Gasteiger partial charge in [-0.1, -0.05) is 41.6 Å². The van der Waals surface area contributed by atoms with E-state index in [4.69, 9.17) is 26.1 Å². The minimum absolute atomic E-state index is 0.184. The highest BCUT2D eigenvalue weighted by Crippen LogP contribution is 2.50. The van der Waals surface area contributed by atoms with Gasteiger partial charge in [0.25, 0.3) is 0 Å². The lowest BCUT2D eigenvalue weighted by Crippen LogP contribution is -2.39. The third-order valence-electron chi connectivity index (χ3n) is 5.62. The van der Waals surface area contributed by atoms with Gasteiger partial charge in [0.1, 0.15) is 5.82 Å². The number of amidine groups is 1. The number of rotatable bonds is 2. The van der Waals surface area contributed by atoms with Gasteiger partial charge in [0, 0.05) is 35.5 Å². The van der Waals surface area contributed by atoms with Crippen molar-refractivity contribution in [1.29, 1.82) is 0 Å². The highest BCUT2D eigenvalue weighted by atomic mass is 35.5. The quantitative estimate of drug-likeness (QED) is 0.392. The number of likely N-dealkylation sites (tertiary alicyclic amines) is 1. The molecule has 144 valence electrons. The Morgan fingerprint density at radius 3 is 2.86 bits per heavy atom. The summed E-state index contributed by atoms with van der Waals surface area (Å²) >= 11 is 8.00. The highest BCUT2D eigenvalue weighted by molar-refractivity contribution is 8.13. The smallest absolute Gasteiger partial charge is 0.231 e. The summed E-state index contributed by atoms with van der Waals surface area (Å²) in [4.78, 5) is 7.12. The molecule has 2 aliphatic heterocycles. The normalized spacial score (nSPS) is 25.0. The zero-order valence-electron chi connectivity index (χ0n) is 15.2. The van der Waals surface area contributed by atoms with Gasteiger partial charge in [0.2, 0.25) is 6.79 Å². The molecule has 2 aromatic carbocycles. The predicted molar refractivity (Wildman–Crippen MR) is 110 cm³/mol. The van der Waals surface area contributed by atoms with E-state index >= 15 is 0 Å². The highest BCUT2D eigenvalue weighted by Gasteiger charge is 2.51. The van der Waals surface area contributed by atoms with Crippen molar-refractivity contribution >= 4 is 34.2 Å². The average Bonchev–Trinajstić information content (AvgIpc) is 3.23. The molecule has 0 N–H and O–H groups in total. The van der Waals surface area contributed by atoms with Crippen LogP contribution in [0.5, 0.6) is 11.5 Å². The molecule has 5 rings (SSSR count). The fraction of sp³-hybridized carbons (Fsp3) is 0.286. The second-order valence-electron chi connectivity index (χ2n) is 7.15. The van der Waals surface area contributed by atoms with Crippen LogP contribution in [-0.2, 0) is 5.41 Å². The molecule has 2 aromatic rings. The maximum atomic E-state index is 13.5. The van der Waals surface area contributed by atoms with Crippen LogP contribution >= 0.6 is 23.4 Å². The SMILES string of the molecule is CS/C(=N/c1ccc2c(c1)OCO2)N1C[C@@H]2C=C[C@]2(c2ccc(F)cc2Cl)C1. The van der Waals surface area contributed by atoms with Gasteiger partial charge in [-0.15, -0.1) is 0 Å². The molecule has 0 aromatic heterocycles. The molecule has 2 atom stereocenters. The second kappa shape index (κ2) is 6.71. The lowest BCUT2D eigenvalue weighted by atomic mass is 9.65. The Bertz CT molecular complexity index is 1010. The van der Waals surface area contributed by atoms with E-state index in [1.165, 1.54) is 12.1 Å². The average molecular weight is 417 g/mol. The van der Waals surface area contributed by atoms with Crippen molar-refractivity contribution in [3.8, 4) is 11.5 Å². The zero-order chi connectivity index (χ0) is 19.3. The van der Waals surface area contributed by atoms with E-state index in [1.807, 2.05) is 30.5 Å². The van der Waals surface area contributed by atoms with E-state index in [1.54, 1.807) is 11.8 Å². The summed E-state index contributed by atoms with van der Waals surface area (Å²) in [6.45, 7) is 1.87. The van der Waals surface area contributed by atoms with Gasteiger partial charge in [-0.2, -0.15) is 0 Å². The summed E-state index contributed by atoms with van der Waals surface area (Å²) in [7, 11) is 0. The molecule has 28 heavy (non-hydrogen) atoms. The number of hydrogen-bond acceptors (Lipinski definition) is 4. The number of fused-ring (bicyclic) bond motifs is 2. The third-order valence-corrected chi connectivity index (χ3v) is 6.65. The van der Waals surface area contributed by atoms with Crippen LogP contribution in [0.2, 0.25) is 5.02 Å². The molecule has 1 fully saturated rings. The molecule has 7 heteroatoms. The molecule has 1 saturated heterocycles. The van der Waals surface area contributed by atoms with Crippen LogP contribution in [0.25, 0.3) is 0 Å². The first kappa shape index (κ1) is 17.9. The lowest BCUT2D eigenvalue weighted by molar-refractivity contribution is 0.174. The van der Waals surface area contributed by atoms with Gasteiger partial charge < -0.3 is 14.4 Å². The summed E-state index contributed by atoms with van der Waals surface area (Å²) in [6.07, 6.45) is 6.42. The summed E-state index contributed by atoms with van der Waals surface area (Å²) in [6, 6.07) is 10.4. The van der Waals surface area contributed by atoms with Gasteiger partial charge in [-0.3, -0.25) is 0 Å². The van der Waals surface area contributed by atoms with E-state index in [-0.39, 0.29) is 18.0 Å². The van der Waals surface area contributed by atoms with E-state index in [2.05, 4.69) is 17.1 Å². The Hall–Kier alpha value is -2.18. The van der Waals surface area contributed by atoms with Gasteiger partial charge >= 0.3 is 0 Å². The molecule has 0 bridgehead atoms. The molecule has 0 saturated carbocycles. The Morgan fingerprint density at radius 2 is 2.11 bits per heavy atom. The van der Waals surface area contributed by atoms with Crippen molar-refractivity contribution in [3.05, 3.63) is 65.0 Å². The Balaban J connectivity index is 1.44. The molecule has 3 aliphatic rings. The standard InChI is InChI=1S/C21H18ClFN2O2S/c1-28-20(24-15-3-5-18-19(9-15)27-12-26-18)25-10-13-6-7-21(13,11-25)16-4-2-14(23)8-17(16)22/h2-9,13H,10-12H2,1H3/b24-20+/t13-,21-/m0/s1.